The minimum Gasteiger partial charge on any atom is -0.493 e. The Morgan fingerprint density at radius 2 is 2.08 bits per heavy atom. The Balaban J connectivity index is 1.76. The topological polar surface area (TPSA) is 63.5 Å². The monoisotopic (exact) mass is 343 g/mol. The van der Waals surface area contributed by atoms with Crippen LogP contribution in [0.4, 0.5) is 0 Å². The second-order valence-electron chi connectivity index (χ2n) is 6.29. The third-order valence-corrected chi connectivity index (χ3v) is 3.63. The summed E-state index contributed by atoms with van der Waals surface area (Å²) in [7, 11) is 1.78. The summed E-state index contributed by atoms with van der Waals surface area (Å²) < 4.78 is 7.83. The van der Waals surface area contributed by atoms with Gasteiger partial charge in [0.25, 0.3) is 0 Å². The number of nitrogens with zero attached hydrogens (tertiary/aromatic N) is 3. The lowest BCUT2D eigenvalue weighted by Gasteiger charge is -2.15. The third-order valence-electron chi connectivity index (χ3n) is 3.63. The lowest BCUT2D eigenvalue weighted by molar-refractivity contribution is 0.268. The van der Waals surface area contributed by atoms with Gasteiger partial charge in [-0.2, -0.15) is 5.10 Å². The van der Waals surface area contributed by atoms with Crippen LogP contribution in [-0.2, 0) is 13.1 Å². The van der Waals surface area contributed by atoms with E-state index in [0.717, 1.165) is 43.4 Å². The Labute approximate surface area is 150 Å². The minimum atomic E-state index is 0.505. The molecule has 25 heavy (non-hydrogen) atoms. The van der Waals surface area contributed by atoms with E-state index in [1.54, 1.807) is 13.2 Å². The molecule has 0 spiro atoms. The highest BCUT2D eigenvalue weighted by atomic mass is 16.5. The van der Waals surface area contributed by atoms with Crippen LogP contribution in [0.15, 0.2) is 47.7 Å². The van der Waals surface area contributed by atoms with E-state index in [1.807, 2.05) is 35.1 Å². The fourth-order valence-corrected chi connectivity index (χ4v) is 2.33. The molecular weight excluding hydrogens is 314 g/mol. The van der Waals surface area contributed by atoms with Crippen molar-refractivity contribution in [1.29, 1.82) is 0 Å². The maximum Gasteiger partial charge on any atom is 0.191 e. The van der Waals surface area contributed by atoms with Gasteiger partial charge in [0, 0.05) is 44.6 Å². The van der Waals surface area contributed by atoms with Gasteiger partial charge in [0.2, 0.25) is 0 Å². The Morgan fingerprint density at radius 1 is 1.24 bits per heavy atom. The number of hydrogen-bond acceptors (Lipinski definition) is 3. The fraction of sp³-hybridized carbons (Fsp3) is 0.474. The molecular formula is C19H29N5O. The molecule has 0 amide bonds. The summed E-state index contributed by atoms with van der Waals surface area (Å²) in [5, 5.41) is 10.9. The first-order chi connectivity index (χ1) is 12.2. The molecule has 0 aliphatic carbocycles. The first-order valence-corrected chi connectivity index (χ1v) is 8.81. The van der Waals surface area contributed by atoms with Crippen LogP contribution in [0.25, 0.3) is 0 Å². The molecule has 136 valence electrons. The number of benzene rings is 1. The SMILES string of the molecule is CN=C(NCCCn1cccn1)NCc1ccccc1OCC(C)C. The lowest BCUT2D eigenvalue weighted by atomic mass is 10.2. The molecule has 2 aromatic rings. The van der Waals surface area contributed by atoms with Crippen molar-refractivity contribution in [2.24, 2.45) is 10.9 Å². The highest BCUT2D eigenvalue weighted by molar-refractivity contribution is 5.79. The molecule has 0 atom stereocenters. The molecule has 0 aliphatic heterocycles. The quantitative estimate of drug-likeness (QED) is 0.417. The summed E-state index contributed by atoms with van der Waals surface area (Å²) in [6, 6.07) is 10.1. The van der Waals surface area contributed by atoms with Gasteiger partial charge in [0.1, 0.15) is 5.75 Å². The summed E-state index contributed by atoms with van der Waals surface area (Å²) in [4.78, 5) is 4.27. The maximum absolute atomic E-state index is 5.89. The van der Waals surface area contributed by atoms with Gasteiger partial charge in [0.05, 0.1) is 6.61 Å². The Morgan fingerprint density at radius 3 is 2.80 bits per heavy atom. The number of guanidine groups is 1. The highest BCUT2D eigenvalue weighted by Gasteiger charge is 2.05. The first kappa shape index (κ1) is 18.8. The van der Waals surface area contributed by atoms with Crippen molar-refractivity contribution in [3.05, 3.63) is 48.3 Å². The van der Waals surface area contributed by atoms with E-state index in [4.69, 9.17) is 4.74 Å². The van der Waals surface area contributed by atoms with Crippen molar-refractivity contribution in [2.75, 3.05) is 20.2 Å². The van der Waals surface area contributed by atoms with Crippen LogP contribution in [0.5, 0.6) is 5.75 Å². The molecule has 0 fully saturated rings. The van der Waals surface area contributed by atoms with Crippen molar-refractivity contribution >= 4 is 5.96 Å². The van der Waals surface area contributed by atoms with Gasteiger partial charge >= 0.3 is 0 Å². The van der Waals surface area contributed by atoms with Crippen molar-refractivity contribution in [2.45, 2.75) is 33.4 Å². The van der Waals surface area contributed by atoms with Gasteiger partial charge in [-0.15, -0.1) is 0 Å². The number of hydrogen-bond donors (Lipinski definition) is 2. The van der Waals surface area contributed by atoms with Gasteiger partial charge < -0.3 is 15.4 Å². The molecule has 0 aliphatic rings. The molecule has 2 rings (SSSR count). The molecule has 1 aromatic heterocycles. The molecule has 1 aromatic carbocycles. The second kappa shape index (κ2) is 10.4. The maximum atomic E-state index is 5.89. The summed E-state index contributed by atoms with van der Waals surface area (Å²) >= 11 is 0. The van der Waals surface area contributed by atoms with E-state index in [0.29, 0.717) is 12.5 Å². The predicted molar refractivity (Wildman–Crippen MR) is 102 cm³/mol. The molecule has 0 saturated heterocycles. The van der Waals surface area contributed by atoms with E-state index >= 15 is 0 Å². The van der Waals surface area contributed by atoms with E-state index in [9.17, 15) is 0 Å². The van der Waals surface area contributed by atoms with Gasteiger partial charge in [-0.3, -0.25) is 9.67 Å². The number of para-hydroxylation sites is 1. The fourth-order valence-electron chi connectivity index (χ4n) is 2.33. The normalized spacial score (nSPS) is 11.6. The number of aromatic nitrogens is 2. The van der Waals surface area contributed by atoms with E-state index in [2.05, 4.69) is 40.6 Å². The van der Waals surface area contributed by atoms with Gasteiger partial charge in [-0.1, -0.05) is 32.0 Å². The van der Waals surface area contributed by atoms with E-state index in [-0.39, 0.29) is 0 Å². The molecule has 0 saturated carbocycles. The Hall–Kier alpha value is -2.50. The molecule has 2 N–H and O–H groups in total. The summed E-state index contributed by atoms with van der Waals surface area (Å²) in [6.45, 7) is 7.42. The van der Waals surface area contributed by atoms with Crippen LogP contribution < -0.4 is 15.4 Å². The number of aryl methyl sites for hydroxylation is 1. The second-order valence-corrected chi connectivity index (χ2v) is 6.29. The van der Waals surface area contributed by atoms with Crippen molar-refractivity contribution in [1.82, 2.24) is 20.4 Å². The molecule has 6 heteroatoms. The Kier molecular flexibility index (Phi) is 7.82. The van der Waals surface area contributed by atoms with Gasteiger partial charge in [0.15, 0.2) is 5.96 Å². The van der Waals surface area contributed by atoms with Crippen LogP contribution in [0.1, 0.15) is 25.8 Å². The number of rotatable bonds is 9. The highest BCUT2D eigenvalue weighted by Crippen LogP contribution is 2.18. The predicted octanol–water partition coefficient (Wildman–Crippen LogP) is 2.67. The van der Waals surface area contributed by atoms with Gasteiger partial charge in [-0.05, 0) is 24.5 Å². The third kappa shape index (κ3) is 6.87. The summed E-state index contributed by atoms with van der Waals surface area (Å²) in [5.74, 6) is 2.22. The number of nitrogens with one attached hydrogen (secondary N) is 2. The molecule has 0 bridgehead atoms. The van der Waals surface area contributed by atoms with Crippen LogP contribution >= 0.6 is 0 Å². The zero-order valence-electron chi connectivity index (χ0n) is 15.4. The van der Waals surface area contributed by atoms with Crippen LogP contribution in [0.3, 0.4) is 0 Å². The Bertz CT molecular complexity index is 637. The van der Waals surface area contributed by atoms with E-state index in [1.165, 1.54) is 0 Å². The smallest absolute Gasteiger partial charge is 0.191 e. The lowest BCUT2D eigenvalue weighted by Crippen LogP contribution is -2.37. The summed E-state index contributed by atoms with van der Waals surface area (Å²) in [5.41, 5.74) is 1.13. The number of ether oxygens (including phenoxy) is 1. The first-order valence-electron chi connectivity index (χ1n) is 8.81. The standard InChI is InChI=1S/C19H29N5O/c1-16(2)15-25-18-9-5-4-8-17(18)14-22-19(20-3)21-10-6-12-24-13-7-11-23-24/h4-5,7-9,11,13,16H,6,10,12,14-15H2,1-3H3,(H2,20,21,22). The average Bonchev–Trinajstić information content (AvgIpc) is 3.13. The molecule has 1 heterocycles. The molecule has 0 unspecified atom stereocenters. The zero-order valence-corrected chi connectivity index (χ0v) is 15.4. The minimum absolute atomic E-state index is 0.505. The van der Waals surface area contributed by atoms with Crippen LogP contribution in [0.2, 0.25) is 0 Å². The number of aliphatic imine (C=N–C) groups is 1. The summed E-state index contributed by atoms with van der Waals surface area (Å²) in [6.07, 6.45) is 4.75. The van der Waals surface area contributed by atoms with Crippen LogP contribution in [-0.4, -0.2) is 35.9 Å². The van der Waals surface area contributed by atoms with Crippen molar-refractivity contribution in [3.63, 3.8) is 0 Å². The van der Waals surface area contributed by atoms with Crippen molar-refractivity contribution in [3.8, 4) is 5.75 Å². The zero-order chi connectivity index (χ0) is 17.9. The molecule has 6 nitrogen and oxygen atoms in total. The van der Waals surface area contributed by atoms with Gasteiger partial charge in [-0.25, -0.2) is 0 Å². The van der Waals surface area contributed by atoms with Crippen molar-refractivity contribution < 1.29 is 4.74 Å². The molecule has 0 radical (unpaired) electrons. The van der Waals surface area contributed by atoms with E-state index < -0.39 is 0 Å². The largest absolute Gasteiger partial charge is 0.493 e. The average molecular weight is 343 g/mol. The van der Waals surface area contributed by atoms with Crippen LogP contribution in [0, 0.1) is 5.92 Å².